The van der Waals surface area contributed by atoms with Crippen molar-refractivity contribution in [3.63, 3.8) is 0 Å². The summed E-state index contributed by atoms with van der Waals surface area (Å²) in [6.07, 6.45) is 0.769. The van der Waals surface area contributed by atoms with Crippen LogP contribution >= 0.6 is 23.1 Å². The maximum atomic E-state index is 12.8. The molecule has 1 saturated heterocycles. The van der Waals surface area contributed by atoms with E-state index < -0.39 is 10.0 Å². The van der Waals surface area contributed by atoms with Gasteiger partial charge in [0.1, 0.15) is 5.01 Å². The van der Waals surface area contributed by atoms with Gasteiger partial charge in [-0.15, -0.1) is 20.4 Å². The number of ether oxygens (including phenoxy) is 1. The number of carbonyl (C=O) groups is 1. The average molecular weight is 524 g/mol. The largest absolute Gasteiger partial charge is 0.379 e. The number of sulfonamides is 1. The first kappa shape index (κ1) is 24.7. The first-order valence-electron chi connectivity index (χ1n) is 10.8. The van der Waals surface area contributed by atoms with Crippen LogP contribution in [0.4, 0.5) is 5.13 Å². The molecule has 3 heterocycles. The van der Waals surface area contributed by atoms with E-state index in [-0.39, 0.29) is 16.6 Å². The standard InChI is InChI=1S/C20H25N7O4S3/c1-3-17-22-24-19(33-17)21-16(28)13-32-20-25-23-18(27(20)4-2)14-5-7-15(8-6-14)34(29,30)26-9-11-31-12-10-26/h5-8H,3-4,9-13H2,1-2H3,(H,21,24,28). The maximum absolute atomic E-state index is 12.8. The Labute approximate surface area is 206 Å². The third-order valence-electron chi connectivity index (χ3n) is 5.10. The number of benzene rings is 1. The molecule has 11 nitrogen and oxygen atoms in total. The van der Waals surface area contributed by atoms with Crippen molar-refractivity contribution in [3.05, 3.63) is 29.3 Å². The van der Waals surface area contributed by atoms with E-state index in [2.05, 4.69) is 25.7 Å². The Morgan fingerprint density at radius 3 is 2.50 bits per heavy atom. The Kier molecular flexibility index (Phi) is 7.93. The summed E-state index contributed by atoms with van der Waals surface area (Å²) in [5.74, 6) is 0.557. The molecule has 0 radical (unpaired) electrons. The maximum Gasteiger partial charge on any atom is 0.243 e. The van der Waals surface area contributed by atoms with E-state index in [4.69, 9.17) is 4.74 Å². The molecule has 0 atom stereocenters. The van der Waals surface area contributed by atoms with Crippen LogP contribution in [0.25, 0.3) is 11.4 Å². The normalized spacial score (nSPS) is 14.9. The molecule has 1 N–H and O–H groups in total. The van der Waals surface area contributed by atoms with Crippen molar-refractivity contribution in [2.24, 2.45) is 0 Å². The minimum atomic E-state index is -3.56. The number of carbonyl (C=O) groups excluding carboxylic acids is 1. The van der Waals surface area contributed by atoms with Gasteiger partial charge in [-0.2, -0.15) is 4.31 Å². The van der Waals surface area contributed by atoms with Crippen molar-refractivity contribution >= 4 is 44.2 Å². The summed E-state index contributed by atoms with van der Waals surface area (Å²) >= 11 is 2.63. The SMILES string of the molecule is CCc1nnc(NC(=O)CSc2nnc(-c3ccc(S(=O)(=O)N4CCOCC4)cc3)n2CC)s1. The van der Waals surface area contributed by atoms with E-state index in [1.807, 2.05) is 18.4 Å². The molecular weight excluding hydrogens is 498 g/mol. The third-order valence-corrected chi connectivity index (χ3v) is 8.96. The molecule has 0 saturated carbocycles. The number of nitrogens with one attached hydrogen (secondary N) is 1. The molecule has 0 spiro atoms. The summed E-state index contributed by atoms with van der Waals surface area (Å²) in [7, 11) is -3.56. The van der Waals surface area contributed by atoms with Gasteiger partial charge in [0.25, 0.3) is 0 Å². The van der Waals surface area contributed by atoms with E-state index in [9.17, 15) is 13.2 Å². The van der Waals surface area contributed by atoms with Gasteiger partial charge in [0.2, 0.25) is 21.1 Å². The number of hydrogen-bond donors (Lipinski definition) is 1. The molecule has 0 aliphatic carbocycles. The predicted molar refractivity (Wildman–Crippen MR) is 129 cm³/mol. The van der Waals surface area contributed by atoms with E-state index in [1.165, 1.54) is 27.4 Å². The molecule has 182 valence electrons. The second kappa shape index (κ2) is 10.9. The number of amides is 1. The summed E-state index contributed by atoms with van der Waals surface area (Å²) in [5, 5.41) is 21.2. The van der Waals surface area contributed by atoms with Gasteiger partial charge in [0.15, 0.2) is 11.0 Å². The summed E-state index contributed by atoms with van der Waals surface area (Å²) in [5.41, 5.74) is 0.743. The van der Waals surface area contributed by atoms with Crippen LogP contribution in [0.1, 0.15) is 18.9 Å². The Hall–Kier alpha value is -2.39. The van der Waals surface area contributed by atoms with Gasteiger partial charge in [-0.05, 0) is 37.6 Å². The Bertz CT molecular complexity index is 1240. The van der Waals surface area contributed by atoms with Gasteiger partial charge >= 0.3 is 0 Å². The van der Waals surface area contributed by atoms with Gasteiger partial charge in [0.05, 0.1) is 23.9 Å². The van der Waals surface area contributed by atoms with Crippen molar-refractivity contribution < 1.29 is 17.9 Å². The van der Waals surface area contributed by atoms with Crippen LogP contribution in [-0.4, -0.2) is 75.6 Å². The van der Waals surface area contributed by atoms with Crippen LogP contribution < -0.4 is 5.32 Å². The number of rotatable bonds is 9. The van der Waals surface area contributed by atoms with Crippen LogP contribution in [0.5, 0.6) is 0 Å². The molecule has 1 amide bonds. The van der Waals surface area contributed by atoms with Gasteiger partial charge in [0, 0.05) is 25.2 Å². The molecule has 1 fully saturated rings. The van der Waals surface area contributed by atoms with Crippen LogP contribution in [0.3, 0.4) is 0 Å². The zero-order valence-electron chi connectivity index (χ0n) is 18.8. The summed E-state index contributed by atoms with van der Waals surface area (Å²) in [6.45, 7) is 6.03. The summed E-state index contributed by atoms with van der Waals surface area (Å²) in [4.78, 5) is 12.5. The number of thioether (sulfide) groups is 1. The second-order valence-corrected chi connectivity index (χ2v) is 11.2. The monoisotopic (exact) mass is 523 g/mol. The number of morpholine rings is 1. The summed E-state index contributed by atoms with van der Waals surface area (Å²) < 4.78 is 34.3. The van der Waals surface area contributed by atoms with Crippen molar-refractivity contribution in [1.29, 1.82) is 0 Å². The fourth-order valence-corrected chi connectivity index (χ4v) is 6.24. The molecule has 1 aromatic carbocycles. The average Bonchev–Trinajstić information content (AvgIpc) is 3.49. The highest BCUT2D eigenvalue weighted by atomic mass is 32.2. The Balaban J connectivity index is 1.44. The molecule has 0 bridgehead atoms. The van der Waals surface area contributed by atoms with Crippen molar-refractivity contribution in [2.75, 3.05) is 37.4 Å². The van der Waals surface area contributed by atoms with Crippen molar-refractivity contribution in [2.45, 2.75) is 36.9 Å². The molecular formula is C20H25N7O4S3. The zero-order chi connectivity index (χ0) is 24.1. The number of aromatic nitrogens is 5. The fraction of sp³-hybridized carbons (Fsp3) is 0.450. The van der Waals surface area contributed by atoms with Gasteiger partial charge in [-0.25, -0.2) is 8.42 Å². The van der Waals surface area contributed by atoms with E-state index in [0.717, 1.165) is 17.0 Å². The number of anilines is 1. The van der Waals surface area contributed by atoms with Crippen molar-refractivity contribution in [3.8, 4) is 11.4 Å². The van der Waals surface area contributed by atoms with E-state index in [0.29, 0.717) is 49.0 Å². The number of nitrogens with zero attached hydrogens (tertiary/aromatic N) is 6. The van der Waals surface area contributed by atoms with Crippen LogP contribution in [0, 0.1) is 0 Å². The van der Waals surface area contributed by atoms with Gasteiger partial charge in [-0.3, -0.25) is 10.1 Å². The third kappa shape index (κ3) is 5.46. The van der Waals surface area contributed by atoms with Gasteiger partial charge in [-0.1, -0.05) is 30.0 Å². The van der Waals surface area contributed by atoms with Crippen LogP contribution in [0.15, 0.2) is 34.3 Å². The van der Waals surface area contributed by atoms with Crippen molar-refractivity contribution in [1.82, 2.24) is 29.3 Å². The fourth-order valence-electron chi connectivity index (χ4n) is 3.34. The molecule has 1 aliphatic heterocycles. The predicted octanol–water partition coefficient (Wildman–Crippen LogP) is 2.13. The van der Waals surface area contributed by atoms with Crippen LogP contribution in [-0.2, 0) is 32.5 Å². The van der Waals surface area contributed by atoms with Crippen LogP contribution in [0.2, 0.25) is 0 Å². The highest BCUT2D eigenvalue weighted by Gasteiger charge is 2.26. The highest BCUT2D eigenvalue weighted by molar-refractivity contribution is 7.99. The molecule has 34 heavy (non-hydrogen) atoms. The molecule has 3 aromatic rings. The first-order chi connectivity index (χ1) is 16.4. The zero-order valence-corrected chi connectivity index (χ0v) is 21.2. The molecule has 1 aliphatic rings. The van der Waals surface area contributed by atoms with E-state index >= 15 is 0 Å². The smallest absolute Gasteiger partial charge is 0.243 e. The highest BCUT2D eigenvalue weighted by Crippen LogP contribution is 2.26. The quantitative estimate of drug-likeness (QED) is 0.419. The number of aryl methyl sites for hydroxylation is 1. The molecule has 2 aromatic heterocycles. The minimum Gasteiger partial charge on any atom is -0.379 e. The summed E-state index contributed by atoms with van der Waals surface area (Å²) in [6, 6.07) is 6.63. The van der Waals surface area contributed by atoms with Gasteiger partial charge < -0.3 is 9.30 Å². The number of hydrogen-bond acceptors (Lipinski definition) is 10. The Morgan fingerprint density at radius 2 is 1.85 bits per heavy atom. The molecule has 0 unspecified atom stereocenters. The minimum absolute atomic E-state index is 0.149. The lowest BCUT2D eigenvalue weighted by atomic mass is 10.2. The lowest BCUT2D eigenvalue weighted by Gasteiger charge is -2.26. The topological polar surface area (TPSA) is 132 Å². The van der Waals surface area contributed by atoms with E-state index in [1.54, 1.807) is 24.3 Å². The lowest BCUT2D eigenvalue weighted by molar-refractivity contribution is -0.113. The first-order valence-corrected chi connectivity index (χ1v) is 14.0. The second-order valence-electron chi connectivity index (χ2n) is 7.28. The Morgan fingerprint density at radius 1 is 1.12 bits per heavy atom. The lowest BCUT2D eigenvalue weighted by Crippen LogP contribution is -2.40. The molecule has 4 rings (SSSR count). The molecule has 14 heteroatoms.